The fourth-order valence-electron chi connectivity index (χ4n) is 6.60. The van der Waals surface area contributed by atoms with Crippen molar-refractivity contribution in [1.29, 1.82) is 0 Å². The lowest BCUT2D eigenvalue weighted by molar-refractivity contribution is -0.137. The maximum absolute atomic E-state index is 14.5. The van der Waals surface area contributed by atoms with Gasteiger partial charge in [-0.1, -0.05) is 76.4 Å². The Hall–Kier alpha value is -2.90. The molecule has 1 saturated carbocycles. The first kappa shape index (κ1) is 34.0. The van der Waals surface area contributed by atoms with Crippen LogP contribution in [0.3, 0.4) is 0 Å². The monoisotopic (exact) mass is 641 g/mol. The van der Waals surface area contributed by atoms with E-state index in [9.17, 15) is 14.4 Å². The van der Waals surface area contributed by atoms with E-state index < -0.39 is 11.6 Å². The van der Waals surface area contributed by atoms with E-state index >= 15 is 0 Å². The van der Waals surface area contributed by atoms with Gasteiger partial charge in [0.25, 0.3) is 11.8 Å². The molecular weight excluding hydrogens is 597 g/mol. The summed E-state index contributed by atoms with van der Waals surface area (Å²) in [5.74, 6) is -0.445. The first-order chi connectivity index (χ1) is 20.8. The van der Waals surface area contributed by atoms with E-state index in [1.165, 1.54) is 0 Å². The van der Waals surface area contributed by atoms with Crippen LogP contribution in [0.5, 0.6) is 0 Å². The molecule has 7 nitrogen and oxygen atoms in total. The van der Waals surface area contributed by atoms with Crippen molar-refractivity contribution in [3.05, 3.63) is 69.2 Å². The first-order valence-electron chi connectivity index (χ1n) is 15.8. The molecule has 1 aliphatic carbocycles. The molecule has 4 rings (SSSR count). The van der Waals surface area contributed by atoms with Crippen LogP contribution in [0.4, 0.5) is 0 Å². The molecule has 2 aromatic carbocycles. The smallest absolute Gasteiger partial charge is 0.305 e. The van der Waals surface area contributed by atoms with Crippen molar-refractivity contribution in [2.45, 2.75) is 97.7 Å². The number of benzene rings is 2. The molecule has 1 unspecified atom stereocenters. The van der Waals surface area contributed by atoms with Gasteiger partial charge in [0.1, 0.15) is 11.4 Å². The highest BCUT2D eigenvalue weighted by Crippen LogP contribution is 2.51. The largest absolute Gasteiger partial charge is 0.481 e. The van der Waals surface area contributed by atoms with Crippen LogP contribution in [0.15, 0.2) is 47.5 Å². The molecule has 2 amide bonds. The fourth-order valence-corrected chi connectivity index (χ4v) is 7.13. The zero-order chi connectivity index (χ0) is 32.2. The molecule has 1 atom stereocenters. The van der Waals surface area contributed by atoms with Crippen LogP contribution >= 0.6 is 23.2 Å². The summed E-state index contributed by atoms with van der Waals surface area (Å²) in [5.41, 5.74) is 1.93. The Labute approximate surface area is 271 Å². The minimum atomic E-state index is -0.966. The molecule has 44 heavy (non-hydrogen) atoms. The van der Waals surface area contributed by atoms with E-state index in [-0.39, 0.29) is 36.2 Å². The summed E-state index contributed by atoms with van der Waals surface area (Å²) in [7, 11) is 0. The fraction of sp³-hybridized carbons (Fsp3) is 0.543. The van der Waals surface area contributed by atoms with E-state index in [1.54, 1.807) is 30.3 Å². The molecule has 2 aliphatic rings. The lowest BCUT2D eigenvalue weighted by Gasteiger charge is -2.48. The third-order valence-electron chi connectivity index (χ3n) is 9.64. The SMILES string of the molecule is CCC(C)(C)C1CCC2(CC1)N=C(c1cc(Cl)cc(Cl)c1)C(=O)N2C(CCC(C)C)c1ccc(C(=O)NCCC(=O)O)cc1. The summed E-state index contributed by atoms with van der Waals surface area (Å²) in [6.07, 6.45) is 6.10. The molecular formula is C35H45Cl2N3O4. The Morgan fingerprint density at radius 3 is 2.23 bits per heavy atom. The number of aliphatic imine (C=N–C) groups is 1. The van der Waals surface area contributed by atoms with Crippen LogP contribution in [-0.2, 0) is 9.59 Å². The second kappa shape index (κ2) is 14.0. The molecule has 238 valence electrons. The number of aliphatic carboxylic acids is 1. The Balaban J connectivity index is 1.73. The highest BCUT2D eigenvalue weighted by atomic mass is 35.5. The number of rotatable bonds is 12. The number of carboxylic acids is 1. The van der Waals surface area contributed by atoms with Gasteiger partial charge in [-0.25, -0.2) is 0 Å². The van der Waals surface area contributed by atoms with E-state index in [0.717, 1.165) is 50.5 Å². The first-order valence-corrected chi connectivity index (χ1v) is 16.5. The van der Waals surface area contributed by atoms with E-state index in [4.69, 9.17) is 33.3 Å². The summed E-state index contributed by atoms with van der Waals surface area (Å²) < 4.78 is 0. The van der Waals surface area contributed by atoms with Gasteiger partial charge in [0.15, 0.2) is 0 Å². The highest BCUT2D eigenvalue weighted by Gasteiger charge is 2.53. The second-order valence-corrected chi connectivity index (χ2v) is 14.3. The summed E-state index contributed by atoms with van der Waals surface area (Å²) in [6.45, 7) is 11.3. The number of hydrogen-bond acceptors (Lipinski definition) is 4. The van der Waals surface area contributed by atoms with Gasteiger partial charge in [-0.2, -0.15) is 0 Å². The summed E-state index contributed by atoms with van der Waals surface area (Å²) in [4.78, 5) is 45.3. The molecule has 1 aliphatic heterocycles. The Morgan fingerprint density at radius 1 is 1.07 bits per heavy atom. The number of nitrogens with one attached hydrogen (secondary N) is 1. The van der Waals surface area contributed by atoms with Gasteiger partial charge in [-0.3, -0.25) is 19.4 Å². The summed E-state index contributed by atoms with van der Waals surface area (Å²) in [5, 5.41) is 12.5. The van der Waals surface area contributed by atoms with Crippen LogP contribution in [0.1, 0.15) is 114 Å². The number of hydrogen-bond donors (Lipinski definition) is 2. The van der Waals surface area contributed by atoms with Gasteiger partial charge in [-0.15, -0.1) is 0 Å². The van der Waals surface area contributed by atoms with Crippen molar-refractivity contribution in [2.75, 3.05) is 6.54 Å². The lowest BCUT2D eigenvalue weighted by Crippen LogP contribution is -2.51. The number of carbonyl (C=O) groups excluding carboxylic acids is 2. The zero-order valence-corrected chi connectivity index (χ0v) is 28.0. The van der Waals surface area contributed by atoms with Crippen LogP contribution in [0.2, 0.25) is 10.0 Å². The predicted molar refractivity (Wildman–Crippen MR) is 176 cm³/mol. The molecule has 0 radical (unpaired) electrons. The maximum Gasteiger partial charge on any atom is 0.305 e. The molecule has 2 aromatic rings. The molecule has 0 aromatic heterocycles. The van der Waals surface area contributed by atoms with Gasteiger partial charge in [0.2, 0.25) is 0 Å². The Kier molecular flexibility index (Phi) is 10.8. The van der Waals surface area contributed by atoms with Crippen LogP contribution < -0.4 is 5.32 Å². The molecule has 1 spiro atoms. The quantitative estimate of drug-likeness (QED) is 0.243. The minimum Gasteiger partial charge on any atom is -0.481 e. The summed E-state index contributed by atoms with van der Waals surface area (Å²) >= 11 is 12.8. The number of carboxylic acid groups (broad SMARTS) is 1. The van der Waals surface area contributed by atoms with Crippen molar-refractivity contribution < 1.29 is 19.5 Å². The molecule has 0 saturated heterocycles. The zero-order valence-electron chi connectivity index (χ0n) is 26.5. The van der Waals surface area contributed by atoms with Gasteiger partial charge in [0.05, 0.1) is 12.5 Å². The Morgan fingerprint density at radius 2 is 1.68 bits per heavy atom. The second-order valence-electron chi connectivity index (χ2n) is 13.4. The summed E-state index contributed by atoms with van der Waals surface area (Å²) in [6, 6.07) is 12.3. The highest BCUT2D eigenvalue weighted by molar-refractivity contribution is 6.47. The molecule has 0 bridgehead atoms. The van der Waals surface area contributed by atoms with Gasteiger partial charge in [-0.05, 0) is 91.7 Å². The topological polar surface area (TPSA) is 99.1 Å². The lowest BCUT2D eigenvalue weighted by atomic mass is 9.67. The average molecular weight is 643 g/mol. The van der Waals surface area contributed by atoms with Crippen molar-refractivity contribution in [3.8, 4) is 0 Å². The van der Waals surface area contributed by atoms with Gasteiger partial charge in [0, 0.05) is 27.7 Å². The van der Waals surface area contributed by atoms with Crippen molar-refractivity contribution >= 4 is 46.7 Å². The normalized spacial score (nSPS) is 21.1. The standard InChI is InChI=1S/C35H45Cl2N3O4/c1-6-34(4,5)26-13-16-35(17-14-26)39-31(25-19-27(36)21-28(37)20-25)33(44)40(35)29(12-7-22(2)3)23-8-10-24(11-9-23)32(43)38-18-15-30(41)42/h8-11,19-22,26,29H,6-7,12-18H2,1-5H3,(H,38,43)(H,41,42). The van der Waals surface area contributed by atoms with E-state index in [1.807, 2.05) is 17.0 Å². The maximum atomic E-state index is 14.5. The number of carbonyl (C=O) groups is 3. The van der Waals surface area contributed by atoms with Crippen molar-refractivity contribution in [1.82, 2.24) is 10.2 Å². The minimum absolute atomic E-state index is 0.0567. The molecule has 2 N–H and O–H groups in total. The van der Waals surface area contributed by atoms with Gasteiger partial charge < -0.3 is 15.3 Å². The number of halogens is 2. The third-order valence-corrected chi connectivity index (χ3v) is 10.1. The molecule has 1 fully saturated rings. The van der Waals surface area contributed by atoms with Crippen molar-refractivity contribution in [3.63, 3.8) is 0 Å². The third kappa shape index (κ3) is 7.66. The van der Waals surface area contributed by atoms with Crippen molar-refractivity contribution in [2.24, 2.45) is 22.2 Å². The van der Waals surface area contributed by atoms with Crippen LogP contribution in [-0.4, -0.2) is 45.7 Å². The molecule has 1 heterocycles. The predicted octanol–water partition coefficient (Wildman–Crippen LogP) is 8.33. The van der Waals surface area contributed by atoms with E-state index in [2.05, 4.69) is 39.9 Å². The molecule has 9 heteroatoms. The number of nitrogens with zero attached hydrogens (tertiary/aromatic N) is 2. The van der Waals surface area contributed by atoms with Crippen LogP contribution in [0, 0.1) is 17.3 Å². The average Bonchev–Trinajstić information content (AvgIpc) is 3.24. The van der Waals surface area contributed by atoms with Crippen LogP contribution in [0.25, 0.3) is 0 Å². The number of amides is 2. The van der Waals surface area contributed by atoms with E-state index in [0.29, 0.717) is 38.7 Å². The van der Waals surface area contributed by atoms with Gasteiger partial charge >= 0.3 is 5.97 Å². The Bertz CT molecular complexity index is 1370.